The number of nitrogens with zero attached hydrogens (tertiary/aromatic N) is 2. The molecule has 1 unspecified atom stereocenters. The van der Waals surface area contributed by atoms with E-state index >= 15 is 0 Å². The second kappa shape index (κ2) is 6.29. The molecule has 0 bridgehead atoms. The molecule has 5 nitrogen and oxygen atoms in total. The number of nitrogens with one attached hydrogen (secondary N) is 1. The third-order valence-corrected chi connectivity index (χ3v) is 4.59. The van der Waals surface area contributed by atoms with E-state index in [2.05, 4.69) is 31.2 Å². The van der Waals surface area contributed by atoms with Gasteiger partial charge in [-0.2, -0.15) is 0 Å². The van der Waals surface area contributed by atoms with Crippen molar-refractivity contribution in [1.29, 1.82) is 0 Å². The average Bonchev–Trinajstić information content (AvgIpc) is 3.20. The lowest BCUT2D eigenvalue weighted by atomic mass is 10.1. The maximum absolute atomic E-state index is 5.76. The Bertz CT molecular complexity index is 813. The van der Waals surface area contributed by atoms with Gasteiger partial charge in [-0.05, 0) is 34.3 Å². The van der Waals surface area contributed by atoms with Gasteiger partial charge in [-0.15, -0.1) is 0 Å². The molecule has 23 heavy (non-hydrogen) atoms. The van der Waals surface area contributed by atoms with Crippen molar-refractivity contribution in [2.75, 3.05) is 18.5 Å². The van der Waals surface area contributed by atoms with Crippen LogP contribution >= 0.6 is 15.9 Å². The molecule has 1 saturated heterocycles. The van der Waals surface area contributed by atoms with Crippen molar-refractivity contribution in [3.8, 4) is 11.1 Å². The molecule has 1 atom stereocenters. The number of halogens is 1. The lowest BCUT2D eigenvalue weighted by molar-refractivity contribution is 0.120. The first-order chi connectivity index (χ1) is 11.3. The van der Waals surface area contributed by atoms with Gasteiger partial charge >= 0.3 is 0 Å². The highest BCUT2D eigenvalue weighted by Gasteiger charge is 2.21. The Morgan fingerprint density at radius 2 is 2.09 bits per heavy atom. The van der Waals surface area contributed by atoms with Crippen LogP contribution in [0.15, 0.2) is 45.7 Å². The van der Waals surface area contributed by atoms with E-state index in [1.807, 2.05) is 30.3 Å². The van der Waals surface area contributed by atoms with Crippen LogP contribution in [0.4, 0.5) is 5.82 Å². The highest BCUT2D eigenvalue weighted by molar-refractivity contribution is 9.10. The molecule has 1 aliphatic rings. The van der Waals surface area contributed by atoms with Gasteiger partial charge in [0.15, 0.2) is 4.67 Å². The molecule has 1 fully saturated rings. The molecule has 3 aromatic rings. The van der Waals surface area contributed by atoms with Gasteiger partial charge in [-0.25, -0.2) is 9.97 Å². The number of furan rings is 1. The molecule has 0 spiro atoms. The van der Waals surface area contributed by atoms with Crippen LogP contribution in [0, 0.1) is 0 Å². The highest BCUT2D eigenvalue weighted by Crippen LogP contribution is 2.40. The van der Waals surface area contributed by atoms with E-state index in [-0.39, 0.29) is 6.10 Å². The van der Waals surface area contributed by atoms with E-state index in [1.54, 1.807) is 0 Å². The second-order valence-corrected chi connectivity index (χ2v) is 6.26. The minimum absolute atomic E-state index is 0.246. The summed E-state index contributed by atoms with van der Waals surface area (Å²) in [7, 11) is 0. The first-order valence-electron chi connectivity index (χ1n) is 7.67. The molecule has 2 aromatic heterocycles. The third kappa shape index (κ3) is 2.84. The first-order valence-corrected chi connectivity index (χ1v) is 8.46. The predicted molar refractivity (Wildman–Crippen MR) is 92.4 cm³/mol. The van der Waals surface area contributed by atoms with Crippen LogP contribution in [0.25, 0.3) is 22.2 Å². The fraction of sp³-hybridized carbons (Fsp3) is 0.294. The van der Waals surface area contributed by atoms with Gasteiger partial charge in [0.05, 0.1) is 11.5 Å². The van der Waals surface area contributed by atoms with Gasteiger partial charge in [-0.3, -0.25) is 0 Å². The van der Waals surface area contributed by atoms with Crippen LogP contribution in [0.3, 0.4) is 0 Å². The number of aromatic nitrogens is 2. The summed E-state index contributed by atoms with van der Waals surface area (Å²) in [5.74, 6) is 0.777. The van der Waals surface area contributed by atoms with Gasteiger partial charge < -0.3 is 14.5 Å². The van der Waals surface area contributed by atoms with Crippen LogP contribution in [-0.2, 0) is 4.74 Å². The Labute approximate surface area is 142 Å². The number of fused-ring (bicyclic) bond motifs is 1. The van der Waals surface area contributed by atoms with Crippen molar-refractivity contribution < 1.29 is 9.15 Å². The molecule has 0 radical (unpaired) electrons. The SMILES string of the molecule is Brc1oc2ncnc(NCC3CCCO3)c2c1-c1ccccc1. The van der Waals surface area contributed by atoms with E-state index < -0.39 is 0 Å². The minimum atomic E-state index is 0.246. The summed E-state index contributed by atoms with van der Waals surface area (Å²) in [5, 5.41) is 4.29. The van der Waals surface area contributed by atoms with E-state index in [9.17, 15) is 0 Å². The van der Waals surface area contributed by atoms with Crippen molar-refractivity contribution in [2.24, 2.45) is 0 Å². The van der Waals surface area contributed by atoms with Crippen LogP contribution in [0.2, 0.25) is 0 Å². The van der Waals surface area contributed by atoms with Crippen molar-refractivity contribution in [3.63, 3.8) is 0 Å². The Hall–Kier alpha value is -1.92. The third-order valence-electron chi connectivity index (χ3n) is 4.03. The van der Waals surface area contributed by atoms with Gasteiger partial charge in [0.1, 0.15) is 12.1 Å². The molecule has 1 N–H and O–H groups in total. The monoisotopic (exact) mass is 373 g/mol. The Kier molecular flexibility index (Phi) is 4.01. The first kappa shape index (κ1) is 14.7. The highest BCUT2D eigenvalue weighted by atomic mass is 79.9. The lowest BCUT2D eigenvalue weighted by Gasteiger charge is -2.12. The largest absolute Gasteiger partial charge is 0.430 e. The van der Waals surface area contributed by atoms with Gasteiger partial charge in [-0.1, -0.05) is 30.3 Å². The van der Waals surface area contributed by atoms with Crippen molar-refractivity contribution in [3.05, 3.63) is 41.3 Å². The fourth-order valence-electron chi connectivity index (χ4n) is 2.92. The number of hydrogen-bond acceptors (Lipinski definition) is 5. The molecule has 0 aliphatic carbocycles. The van der Waals surface area contributed by atoms with Gasteiger partial charge in [0.25, 0.3) is 0 Å². The van der Waals surface area contributed by atoms with Gasteiger partial charge in [0, 0.05) is 18.7 Å². The van der Waals surface area contributed by atoms with E-state index in [0.717, 1.165) is 48.3 Å². The van der Waals surface area contributed by atoms with E-state index in [1.165, 1.54) is 6.33 Å². The summed E-state index contributed by atoms with van der Waals surface area (Å²) >= 11 is 3.51. The van der Waals surface area contributed by atoms with Crippen molar-refractivity contribution in [1.82, 2.24) is 9.97 Å². The molecular weight excluding hydrogens is 358 g/mol. The molecular formula is C17H16BrN3O2. The average molecular weight is 374 g/mol. The summed E-state index contributed by atoms with van der Waals surface area (Å²) < 4.78 is 12.1. The molecule has 1 aromatic carbocycles. The molecule has 3 heterocycles. The minimum Gasteiger partial charge on any atom is -0.430 e. The van der Waals surface area contributed by atoms with Crippen LogP contribution in [0.5, 0.6) is 0 Å². The number of benzene rings is 1. The number of hydrogen-bond donors (Lipinski definition) is 1. The quantitative estimate of drug-likeness (QED) is 0.740. The Morgan fingerprint density at radius 1 is 1.22 bits per heavy atom. The summed E-state index contributed by atoms with van der Waals surface area (Å²) in [4.78, 5) is 8.66. The molecule has 6 heteroatoms. The molecule has 0 saturated carbocycles. The summed E-state index contributed by atoms with van der Waals surface area (Å²) in [6.45, 7) is 1.58. The summed E-state index contributed by atoms with van der Waals surface area (Å²) in [6, 6.07) is 10.1. The molecule has 1 aliphatic heterocycles. The zero-order valence-electron chi connectivity index (χ0n) is 12.5. The van der Waals surface area contributed by atoms with E-state index in [4.69, 9.17) is 9.15 Å². The predicted octanol–water partition coefficient (Wildman–Crippen LogP) is 4.24. The lowest BCUT2D eigenvalue weighted by Crippen LogP contribution is -2.19. The van der Waals surface area contributed by atoms with E-state index in [0.29, 0.717) is 10.4 Å². The van der Waals surface area contributed by atoms with Crippen molar-refractivity contribution >= 4 is 32.8 Å². The normalized spacial score (nSPS) is 17.7. The van der Waals surface area contributed by atoms with Gasteiger partial charge in [0.2, 0.25) is 5.71 Å². The maximum Gasteiger partial charge on any atom is 0.233 e. The zero-order valence-corrected chi connectivity index (χ0v) is 14.0. The number of anilines is 1. The van der Waals surface area contributed by atoms with Crippen molar-refractivity contribution in [2.45, 2.75) is 18.9 Å². The second-order valence-electron chi connectivity index (χ2n) is 5.54. The molecule has 4 rings (SSSR count). The van der Waals surface area contributed by atoms with Crippen LogP contribution < -0.4 is 5.32 Å². The summed E-state index contributed by atoms with van der Waals surface area (Å²) in [6.07, 6.45) is 3.97. The molecule has 0 amide bonds. The number of rotatable bonds is 4. The molecule has 118 valence electrons. The standard InChI is InChI=1S/C17H16BrN3O2/c18-15-13(11-5-2-1-3-6-11)14-16(20-10-21-17(14)23-15)19-9-12-7-4-8-22-12/h1-3,5-6,10,12H,4,7-9H2,(H,19,20,21). The zero-order chi connectivity index (χ0) is 15.6. The Morgan fingerprint density at radius 3 is 2.87 bits per heavy atom. The van der Waals surface area contributed by atoms with Crippen LogP contribution in [0.1, 0.15) is 12.8 Å². The fourth-order valence-corrected chi connectivity index (χ4v) is 3.50. The Balaban J connectivity index is 1.75. The maximum atomic E-state index is 5.76. The smallest absolute Gasteiger partial charge is 0.233 e. The number of ether oxygens (including phenoxy) is 1. The summed E-state index contributed by atoms with van der Waals surface area (Å²) in [5.41, 5.74) is 2.60. The van der Waals surface area contributed by atoms with Crippen LogP contribution in [-0.4, -0.2) is 29.2 Å². The topological polar surface area (TPSA) is 60.2 Å².